The summed E-state index contributed by atoms with van der Waals surface area (Å²) < 4.78 is 2.29. The van der Waals surface area contributed by atoms with Gasteiger partial charge in [-0.2, -0.15) is 0 Å². The van der Waals surface area contributed by atoms with Gasteiger partial charge in [0.15, 0.2) is 0 Å². The van der Waals surface area contributed by atoms with Crippen LogP contribution in [0.1, 0.15) is 55.2 Å². The Morgan fingerprint density at radius 3 is 2.69 bits per heavy atom. The van der Waals surface area contributed by atoms with Crippen molar-refractivity contribution in [2.24, 2.45) is 0 Å². The second-order valence-corrected chi connectivity index (χ2v) is 8.30. The van der Waals surface area contributed by atoms with Crippen LogP contribution in [0.2, 0.25) is 0 Å². The van der Waals surface area contributed by atoms with Crippen LogP contribution in [-0.4, -0.2) is 38.4 Å². The number of nitro benzene ring substituents is 1. The van der Waals surface area contributed by atoms with Crippen LogP contribution in [0.25, 0.3) is 11.0 Å². The number of piperidine rings is 1. The smallest absolute Gasteiger partial charge is 0.282 e. The van der Waals surface area contributed by atoms with E-state index in [1.807, 2.05) is 18.2 Å². The molecule has 1 amide bonds. The SMILES string of the molecule is CCCCn1c(CN2CCCCC2)nc2cc(NC(=O)c3ccccc3[N+](=O)[O-])ccc21. The Bertz CT molecular complexity index is 1120. The van der Waals surface area contributed by atoms with Crippen molar-refractivity contribution >= 4 is 28.3 Å². The Hall–Kier alpha value is -3.26. The second kappa shape index (κ2) is 9.91. The highest BCUT2D eigenvalue weighted by Gasteiger charge is 2.20. The van der Waals surface area contributed by atoms with E-state index in [0.717, 1.165) is 55.9 Å². The molecule has 8 heteroatoms. The number of anilines is 1. The average molecular weight is 436 g/mol. The van der Waals surface area contributed by atoms with E-state index in [1.54, 1.807) is 12.1 Å². The van der Waals surface area contributed by atoms with E-state index in [9.17, 15) is 14.9 Å². The number of benzene rings is 2. The number of imidazole rings is 1. The molecule has 168 valence electrons. The van der Waals surface area contributed by atoms with Gasteiger partial charge in [-0.15, -0.1) is 0 Å². The van der Waals surface area contributed by atoms with Crippen LogP contribution in [0.3, 0.4) is 0 Å². The topological polar surface area (TPSA) is 93.3 Å². The van der Waals surface area contributed by atoms with Gasteiger partial charge < -0.3 is 9.88 Å². The first-order chi connectivity index (χ1) is 15.6. The molecule has 0 spiro atoms. The summed E-state index contributed by atoms with van der Waals surface area (Å²) in [6.07, 6.45) is 5.95. The van der Waals surface area contributed by atoms with Gasteiger partial charge in [-0.3, -0.25) is 19.8 Å². The van der Waals surface area contributed by atoms with Crippen molar-refractivity contribution in [2.75, 3.05) is 18.4 Å². The van der Waals surface area contributed by atoms with E-state index in [0.29, 0.717) is 5.69 Å². The van der Waals surface area contributed by atoms with Crippen LogP contribution >= 0.6 is 0 Å². The number of para-hydroxylation sites is 1. The van der Waals surface area contributed by atoms with Gasteiger partial charge in [-0.05, 0) is 56.6 Å². The minimum Gasteiger partial charge on any atom is -0.327 e. The van der Waals surface area contributed by atoms with Gasteiger partial charge in [0.1, 0.15) is 11.4 Å². The Morgan fingerprint density at radius 2 is 1.94 bits per heavy atom. The number of fused-ring (bicyclic) bond motifs is 1. The number of aromatic nitrogens is 2. The van der Waals surface area contributed by atoms with Crippen LogP contribution in [0.4, 0.5) is 11.4 Å². The number of nitrogens with zero attached hydrogens (tertiary/aromatic N) is 4. The molecule has 2 heterocycles. The molecule has 1 aliphatic heterocycles. The quantitative estimate of drug-likeness (QED) is 0.398. The summed E-state index contributed by atoms with van der Waals surface area (Å²) in [4.78, 5) is 30.8. The highest BCUT2D eigenvalue weighted by molar-refractivity contribution is 6.07. The summed E-state index contributed by atoms with van der Waals surface area (Å²) in [5.74, 6) is 0.549. The molecule has 0 unspecified atom stereocenters. The van der Waals surface area contributed by atoms with Crippen molar-refractivity contribution in [1.29, 1.82) is 0 Å². The maximum absolute atomic E-state index is 12.7. The van der Waals surface area contributed by atoms with Crippen LogP contribution in [0.15, 0.2) is 42.5 Å². The molecular weight excluding hydrogens is 406 g/mol. The van der Waals surface area contributed by atoms with Crippen LogP contribution in [-0.2, 0) is 13.1 Å². The summed E-state index contributed by atoms with van der Waals surface area (Å²) in [6, 6.07) is 11.6. The van der Waals surface area contributed by atoms with Gasteiger partial charge in [0, 0.05) is 18.3 Å². The fraction of sp³-hybridized carbons (Fsp3) is 0.417. The summed E-state index contributed by atoms with van der Waals surface area (Å²) in [5, 5.41) is 14.0. The van der Waals surface area contributed by atoms with Gasteiger partial charge in [-0.1, -0.05) is 31.9 Å². The molecule has 1 N–H and O–H groups in total. The molecule has 32 heavy (non-hydrogen) atoms. The molecule has 0 atom stereocenters. The number of hydrogen-bond donors (Lipinski definition) is 1. The van der Waals surface area contributed by atoms with E-state index in [2.05, 4.69) is 21.7 Å². The number of aryl methyl sites for hydroxylation is 1. The number of unbranched alkanes of at least 4 members (excludes halogenated alkanes) is 1. The molecule has 1 fully saturated rings. The monoisotopic (exact) mass is 435 g/mol. The Labute approximate surface area is 187 Å². The molecule has 3 aromatic rings. The number of amides is 1. The molecule has 0 bridgehead atoms. The van der Waals surface area contributed by atoms with Crippen molar-refractivity contribution in [3.05, 3.63) is 64.0 Å². The standard InChI is InChI=1S/C24H29N5O3/c1-2-3-15-28-22-12-11-18(25-24(30)19-9-5-6-10-21(19)29(31)32)16-20(22)26-23(28)17-27-13-7-4-8-14-27/h5-6,9-12,16H,2-4,7-8,13-15,17H2,1H3,(H,25,30). The maximum Gasteiger partial charge on any atom is 0.282 e. The van der Waals surface area contributed by atoms with Crippen molar-refractivity contribution < 1.29 is 9.72 Å². The van der Waals surface area contributed by atoms with Gasteiger partial charge in [0.25, 0.3) is 11.6 Å². The molecule has 0 saturated carbocycles. The van der Waals surface area contributed by atoms with Crippen molar-refractivity contribution in [3.8, 4) is 0 Å². The molecule has 0 radical (unpaired) electrons. The molecule has 4 rings (SSSR count). The Kier molecular flexibility index (Phi) is 6.80. The lowest BCUT2D eigenvalue weighted by Crippen LogP contribution is -2.30. The van der Waals surface area contributed by atoms with E-state index in [4.69, 9.17) is 4.98 Å². The molecular formula is C24H29N5O3. The lowest BCUT2D eigenvalue weighted by molar-refractivity contribution is -0.385. The minimum atomic E-state index is -0.541. The third-order valence-electron chi connectivity index (χ3n) is 5.98. The molecule has 0 aliphatic carbocycles. The summed E-state index contributed by atoms with van der Waals surface area (Å²) >= 11 is 0. The average Bonchev–Trinajstić information content (AvgIpc) is 3.14. The lowest BCUT2D eigenvalue weighted by atomic mass is 10.1. The zero-order valence-electron chi connectivity index (χ0n) is 18.4. The summed E-state index contributed by atoms with van der Waals surface area (Å²) in [5.41, 5.74) is 2.28. The molecule has 1 aliphatic rings. The number of likely N-dealkylation sites (tertiary alicyclic amines) is 1. The van der Waals surface area contributed by atoms with Crippen LogP contribution in [0, 0.1) is 10.1 Å². The van der Waals surface area contributed by atoms with E-state index >= 15 is 0 Å². The Morgan fingerprint density at radius 1 is 1.16 bits per heavy atom. The molecule has 1 saturated heterocycles. The van der Waals surface area contributed by atoms with E-state index in [1.165, 1.54) is 31.4 Å². The molecule has 2 aromatic carbocycles. The third kappa shape index (κ3) is 4.80. The van der Waals surface area contributed by atoms with E-state index < -0.39 is 10.8 Å². The first-order valence-electron chi connectivity index (χ1n) is 11.3. The van der Waals surface area contributed by atoms with Crippen LogP contribution in [0.5, 0.6) is 0 Å². The number of nitrogens with one attached hydrogen (secondary N) is 1. The lowest BCUT2D eigenvalue weighted by Gasteiger charge is -2.26. The largest absolute Gasteiger partial charge is 0.327 e. The first kappa shape index (κ1) is 22.0. The van der Waals surface area contributed by atoms with Crippen molar-refractivity contribution in [1.82, 2.24) is 14.5 Å². The minimum absolute atomic E-state index is 0.0388. The normalized spacial score (nSPS) is 14.5. The predicted octanol–water partition coefficient (Wildman–Crippen LogP) is 4.98. The number of nitro groups is 1. The summed E-state index contributed by atoms with van der Waals surface area (Å²) in [6.45, 7) is 6.14. The van der Waals surface area contributed by atoms with E-state index in [-0.39, 0.29) is 11.3 Å². The highest BCUT2D eigenvalue weighted by Crippen LogP contribution is 2.25. The zero-order chi connectivity index (χ0) is 22.5. The Balaban J connectivity index is 1.60. The van der Waals surface area contributed by atoms with Gasteiger partial charge in [0.05, 0.1) is 22.5 Å². The fourth-order valence-corrected chi connectivity index (χ4v) is 4.28. The number of carbonyl (C=O) groups is 1. The third-order valence-corrected chi connectivity index (χ3v) is 5.98. The molecule has 1 aromatic heterocycles. The fourth-order valence-electron chi connectivity index (χ4n) is 4.28. The number of carbonyl (C=O) groups excluding carboxylic acids is 1. The molecule has 8 nitrogen and oxygen atoms in total. The van der Waals surface area contributed by atoms with Crippen molar-refractivity contribution in [3.63, 3.8) is 0 Å². The number of hydrogen-bond acceptors (Lipinski definition) is 5. The summed E-state index contributed by atoms with van der Waals surface area (Å²) in [7, 11) is 0. The van der Waals surface area contributed by atoms with Crippen LogP contribution < -0.4 is 5.32 Å². The van der Waals surface area contributed by atoms with Gasteiger partial charge >= 0.3 is 0 Å². The highest BCUT2D eigenvalue weighted by atomic mass is 16.6. The van der Waals surface area contributed by atoms with Gasteiger partial charge in [0.2, 0.25) is 0 Å². The first-order valence-corrected chi connectivity index (χ1v) is 11.3. The maximum atomic E-state index is 12.7. The number of rotatable bonds is 8. The van der Waals surface area contributed by atoms with Crippen molar-refractivity contribution in [2.45, 2.75) is 52.1 Å². The zero-order valence-corrected chi connectivity index (χ0v) is 18.4. The van der Waals surface area contributed by atoms with Gasteiger partial charge in [-0.25, -0.2) is 4.98 Å². The second-order valence-electron chi connectivity index (χ2n) is 8.30. The predicted molar refractivity (Wildman–Crippen MR) is 125 cm³/mol.